The third-order valence-electron chi connectivity index (χ3n) is 3.97. The van der Waals surface area contributed by atoms with Gasteiger partial charge in [-0.2, -0.15) is 5.26 Å². The number of para-hydroxylation sites is 1. The summed E-state index contributed by atoms with van der Waals surface area (Å²) in [6, 6.07) is 9.71. The lowest BCUT2D eigenvalue weighted by Gasteiger charge is -2.14. The largest absolute Gasteiger partial charge is 0.465 e. The zero-order valence-electron chi connectivity index (χ0n) is 11.8. The summed E-state index contributed by atoms with van der Waals surface area (Å²) in [6.07, 6.45) is 2.40. The van der Waals surface area contributed by atoms with Gasteiger partial charge in [0.1, 0.15) is 6.04 Å². The van der Waals surface area contributed by atoms with Gasteiger partial charge in [-0.25, -0.2) is 0 Å². The third-order valence-corrected chi connectivity index (χ3v) is 3.97. The van der Waals surface area contributed by atoms with E-state index in [1.807, 2.05) is 30.5 Å². The van der Waals surface area contributed by atoms with Crippen molar-refractivity contribution < 1.29 is 9.53 Å². The molecule has 108 valence electrons. The van der Waals surface area contributed by atoms with E-state index in [4.69, 9.17) is 4.74 Å². The van der Waals surface area contributed by atoms with Gasteiger partial charge in [-0.1, -0.05) is 18.2 Å². The van der Waals surface area contributed by atoms with Crippen LogP contribution < -0.4 is 5.32 Å². The number of ether oxygens (including phenoxy) is 1. The first-order chi connectivity index (χ1) is 10.2. The Morgan fingerprint density at radius 1 is 1.48 bits per heavy atom. The highest BCUT2D eigenvalue weighted by atomic mass is 16.5. The number of rotatable bonds is 3. The number of carbonyl (C=O) groups is 1. The molecule has 3 atom stereocenters. The van der Waals surface area contributed by atoms with Crippen molar-refractivity contribution in [1.82, 2.24) is 10.3 Å². The van der Waals surface area contributed by atoms with E-state index in [2.05, 4.69) is 16.4 Å². The predicted molar refractivity (Wildman–Crippen MR) is 78.3 cm³/mol. The summed E-state index contributed by atoms with van der Waals surface area (Å²) in [4.78, 5) is 15.1. The number of carbonyl (C=O) groups excluding carboxylic acids is 1. The van der Waals surface area contributed by atoms with Crippen LogP contribution in [0, 0.1) is 17.2 Å². The summed E-state index contributed by atoms with van der Waals surface area (Å²) in [5.41, 5.74) is 2.06. The number of hydrogen-bond acceptors (Lipinski definition) is 4. The molecule has 1 saturated heterocycles. The minimum absolute atomic E-state index is 0.152. The molecule has 0 radical (unpaired) electrons. The molecule has 1 aromatic heterocycles. The Labute approximate surface area is 122 Å². The minimum Gasteiger partial charge on any atom is -0.465 e. The van der Waals surface area contributed by atoms with E-state index in [-0.39, 0.29) is 17.9 Å². The highest BCUT2D eigenvalue weighted by molar-refractivity contribution is 5.84. The first-order valence-electron chi connectivity index (χ1n) is 7.13. The van der Waals surface area contributed by atoms with Gasteiger partial charge in [0.15, 0.2) is 0 Å². The number of aromatic amines is 1. The van der Waals surface area contributed by atoms with Crippen LogP contribution in [0.5, 0.6) is 0 Å². The van der Waals surface area contributed by atoms with E-state index >= 15 is 0 Å². The molecular formula is C16H17N3O2. The molecular weight excluding hydrogens is 266 g/mol. The summed E-state index contributed by atoms with van der Waals surface area (Å²) in [5, 5.41) is 13.7. The number of nitrogens with zero attached hydrogens (tertiary/aromatic N) is 1. The van der Waals surface area contributed by atoms with Gasteiger partial charge in [0, 0.05) is 17.1 Å². The number of fused-ring (bicyclic) bond motifs is 1. The molecule has 1 aliphatic heterocycles. The standard InChI is InChI=1S/C16H17N3O2/c1-2-21-16(20)14-7-10(8-17)15(19-14)12-9-18-13-6-4-3-5-11(12)13/h3-6,9-10,14-15,18-19H,2,7H2,1H3. The van der Waals surface area contributed by atoms with Crippen molar-refractivity contribution in [1.29, 1.82) is 5.26 Å². The average molecular weight is 283 g/mol. The third kappa shape index (κ3) is 2.39. The molecule has 2 heterocycles. The lowest BCUT2D eigenvalue weighted by molar-refractivity contribution is -0.145. The van der Waals surface area contributed by atoms with Crippen LogP contribution in [0.25, 0.3) is 10.9 Å². The Balaban J connectivity index is 1.91. The Kier molecular flexibility index (Phi) is 3.63. The van der Waals surface area contributed by atoms with Gasteiger partial charge in [-0.05, 0) is 25.0 Å². The zero-order chi connectivity index (χ0) is 14.8. The van der Waals surface area contributed by atoms with Gasteiger partial charge in [0.25, 0.3) is 0 Å². The molecule has 1 fully saturated rings. The van der Waals surface area contributed by atoms with Crippen molar-refractivity contribution in [2.24, 2.45) is 5.92 Å². The highest BCUT2D eigenvalue weighted by Crippen LogP contribution is 2.36. The lowest BCUT2D eigenvalue weighted by atomic mass is 9.94. The van der Waals surface area contributed by atoms with Crippen molar-refractivity contribution in [2.75, 3.05) is 6.61 Å². The molecule has 21 heavy (non-hydrogen) atoms. The molecule has 1 aromatic carbocycles. The van der Waals surface area contributed by atoms with Crippen LogP contribution >= 0.6 is 0 Å². The SMILES string of the molecule is CCOC(=O)C1CC(C#N)C(c2c[nH]c3ccccc23)N1. The first kappa shape index (κ1) is 13.7. The van der Waals surface area contributed by atoms with Crippen molar-refractivity contribution in [3.8, 4) is 6.07 Å². The number of esters is 1. The Bertz CT molecular complexity index is 701. The van der Waals surface area contributed by atoms with E-state index in [9.17, 15) is 10.1 Å². The molecule has 2 aromatic rings. The van der Waals surface area contributed by atoms with Gasteiger partial charge in [-0.3, -0.25) is 10.1 Å². The molecule has 5 nitrogen and oxygen atoms in total. The maximum atomic E-state index is 11.9. The molecule has 3 rings (SSSR count). The number of aromatic nitrogens is 1. The van der Waals surface area contributed by atoms with Crippen molar-refractivity contribution in [2.45, 2.75) is 25.4 Å². The van der Waals surface area contributed by atoms with E-state index in [0.717, 1.165) is 16.5 Å². The molecule has 0 saturated carbocycles. The van der Waals surface area contributed by atoms with Crippen molar-refractivity contribution in [3.05, 3.63) is 36.0 Å². The second-order valence-corrected chi connectivity index (χ2v) is 5.21. The number of hydrogen-bond donors (Lipinski definition) is 2. The normalized spacial score (nSPS) is 24.9. The summed E-state index contributed by atoms with van der Waals surface area (Å²) in [5.74, 6) is -0.515. The summed E-state index contributed by atoms with van der Waals surface area (Å²) in [7, 11) is 0. The van der Waals surface area contributed by atoms with E-state index in [0.29, 0.717) is 13.0 Å². The van der Waals surface area contributed by atoms with Crippen LogP contribution in [0.15, 0.2) is 30.5 Å². The molecule has 2 N–H and O–H groups in total. The van der Waals surface area contributed by atoms with Gasteiger partial charge in [0.05, 0.1) is 24.6 Å². The quantitative estimate of drug-likeness (QED) is 0.847. The molecule has 0 amide bonds. The average Bonchev–Trinajstić information content (AvgIpc) is 3.11. The lowest BCUT2D eigenvalue weighted by Crippen LogP contribution is -2.33. The molecule has 3 unspecified atom stereocenters. The van der Waals surface area contributed by atoms with E-state index < -0.39 is 6.04 Å². The fraction of sp³-hybridized carbons (Fsp3) is 0.375. The number of nitriles is 1. The van der Waals surface area contributed by atoms with Crippen LogP contribution in [-0.4, -0.2) is 23.6 Å². The highest BCUT2D eigenvalue weighted by Gasteiger charge is 2.39. The molecule has 5 heteroatoms. The Morgan fingerprint density at radius 3 is 3.05 bits per heavy atom. The number of benzene rings is 1. The van der Waals surface area contributed by atoms with Crippen LogP contribution in [0.3, 0.4) is 0 Å². The summed E-state index contributed by atoms with van der Waals surface area (Å²) in [6.45, 7) is 2.14. The second kappa shape index (κ2) is 5.58. The smallest absolute Gasteiger partial charge is 0.323 e. The predicted octanol–water partition coefficient (Wildman–Crippen LogP) is 2.27. The van der Waals surface area contributed by atoms with E-state index in [1.165, 1.54) is 0 Å². The van der Waals surface area contributed by atoms with Gasteiger partial charge in [-0.15, -0.1) is 0 Å². The zero-order valence-corrected chi connectivity index (χ0v) is 11.8. The fourth-order valence-electron chi connectivity index (χ4n) is 2.98. The van der Waals surface area contributed by atoms with Crippen LogP contribution in [-0.2, 0) is 9.53 Å². The van der Waals surface area contributed by atoms with Crippen molar-refractivity contribution >= 4 is 16.9 Å². The molecule has 1 aliphatic rings. The second-order valence-electron chi connectivity index (χ2n) is 5.21. The molecule has 0 spiro atoms. The van der Waals surface area contributed by atoms with Crippen LogP contribution in [0.2, 0.25) is 0 Å². The van der Waals surface area contributed by atoms with Gasteiger partial charge in [0.2, 0.25) is 0 Å². The first-order valence-corrected chi connectivity index (χ1v) is 7.13. The van der Waals surface area contributed by atoms with Crippen LogP contribution in [0.4, 0.5) is 0 Å². The van der Waals surface area contributed by atoms with E-state index in [1.54, 1.807) is 6.92 Å². The number of H-pyrrole nitrogens is 1. The minimum atomic E-state index is -0.409. The molecule has 0 aliphatic carbocycles. The monoisotopic (exact) mass is 283 g/mol. The Morgan fingerprint density at radius 2 is 2.29 bits per heavy atom. The maximum absolute atomic E-state index is 11.9. The van der Waals surface area contributed by atoms with Gasteiger partial charge >= 0.3 is 5.97 Å². The Hall–Kier alpha value is -2.32. The van der Waals surface area contributed by atoms with Crippen LogP contribution in [0.1, 0.15) is 24.9 Å². The number of nitrogens with one attached hydrogen (secondary N) is 2. The summed E-state index contributed by atoms with van der Waals surface area (Å²) < 4.78 is 5.05. The topological polar surface area (TPSA) is 77.9 Å². The maximum Gasteiger partial charge on any atom is 0.323 e. The van der Waals surface area contributed by atoms with Crippen molar-refractivity contribution in [3.63, 3.8) is 0 Å². The fourth-order valence-corrected chi connectivity index (χ4v) is 2.98. The summed E-state index contributed by atoms with van der Waals surface area (Å²) >= 11 is 0. The molecule has 0 bridgehead atoms. The van der Waals surface area contributed by atoms with Gasteiger partial charge < -0.3 is 9.72 Å².